The Balaban J connectivity index is 1.86. The standard InChI is InChI=1S/C23H18F3N3O2/c1-14-5-10-18(15-6-8-17(31)9-7-15)19(11-14)20-3-2-4-21(28-20)29-22(23(24,25)26)16(13-30)12-27-29/h2-6,8,10-13,31H,7,9H2,1H3. The Labute approximate surface area is 176 Å². The first-order valence-corrected chi connectivity index (χ1v) is 9.56. The number of nitrogens with zero attached hydrogens (tertiary/aromatic N) is 3. The molecule has 0 amide bonds. The first-order chi connectivity index (χ1) is 14.8. The molecule has 0 fully saturated rings. The Morgan fingerprint density at radius 3 is 2.58 bits per heavy atom. The number of carbonyl (C=O) groups excluding carboxylic acids is 1. The first-order valence-electron chi connectivity index (χ1n) is 9.56. The Hall–Kier alpha value is -3.68. The van der Waals surface area contributed by atoms with E-state index in [9.17, 15) is 23.1 Å². The van der Waals surface area contributed by atoms with Gasteiger partial charge >= 0.3 is 6.18 Å². The van der Waals surface area contributed by atoms with Crippen molar-refractivity contribution in [1.82, 2.24) is 14.8 Å². The number of pyridine rings is 1. The molecule has 0 spiro atoms. The molecule has 31 heavy (non-hydrogen) atoms. The van der Waals surface area contributed by atoms with E-state index < -0.39 is 17.4 Å². The molecule has 0 saturated carbocycles. The van der Waals surface area contributed by atoms with E-state index in [1.54, 1.807) is 18.2 Å². The summed E-state index contributed by atoms with van der Waals surface area (Å²) < 4.78 is 41.3. The van der Waals surface area contributed by atoms with Crippen LogP contribution in [0.4, 0.5) is 13.2 Å². The highest BCUT2D eigenvalue weighted by Crippen LogP contribution is 2.35. The minimum Gasteiger partial charge on any atom is -0.512 e. The molecule has 158 valence electrons. The molecule has 0 unspecified atom stereocenters. The number of aromatic nitrogens is 3. The van der Waals surface area contributed by atoms with E-state index in [0.29, 0.717) is 29.0 Å². The topological polar surface area (TPSA) is 68.0 Å². The summed E-state index contributed by atoms with van der Waals surface area (Å²) in [6, 6.07) is 10.6. The smallest absolute Gasteiger partial charge is 0.434 e. The normalized spacial score (nSPS) is 14.2. The summed E-state index contributed by atoms with van der Waals surface area (Å²) in [4.78, 5) is 15.5. The monoisotopic (exact) mass is 425 g/mol. The van der Waals surface area contributed by atoms with Crippen LogP contribution in [0.25, 0.3) is 22.6 Å². The number of halogens is 3. The van der Waals surface area contributed by atoms with Gasteiger partial charge in [-0.25, -0.2) is 9.67 Å². The van der Waals surface area contributed by atoms with Crippen LogP contribution in [-0.4, -0.2) is 26.2 Å². The van der Waals surface area contributed by atoms with E-state index in [1.165, 1.54) is 6.07 Å². The molecule has 0 atom stereocenters. The number of benzene rings is 1. The van der Waals surface area contributed by atoms with E-state index >= 15 is 0 Å². The molecule has 2 aromatic heterocycles. The van der Waals surface area contributed by atoms with Gasteiger partial charge in [-0.2, -0.15) is 18.3 Å². The minimum atomic E-state index is -4.76. The van der Waals surface area contributed by atoms with Gasteiger partial charge in [0.2, 0.25) is 0 Å². The maximum atomic E-state index is 13.5. The maximum Gasteiger partial charge on any atom is 0.434 e. The van der Waals surface area contributed by atoms with Crippen molar-refractivity contribution in [1.29, 1.82) is 0 Å². The fraction of sp³-hybridized carbons (Fsp3) is 0.174. The zero-order valence-electron chi connectivity index (χ0n) is 16.5. The molecule has 2 heterocycles. The van der Waals surface area contributed by atoms with Gasteiger partial charge in [0, 0.05) is 12.0 Å². The van der Waals surface area contributed by atoms with E-state index in [4.69, 9.17) is 0 Å². The van der Waals surface area contributed by atoms with Crippen LogP contribution in [0.15, 0.2) is 60.5 Å². The third-order valence-corrected chi connectivity index (χ3v) is 5.07. The number of aliphatic hydroxyl groups is 1. The van der Waals surface area contributed by atoms with Crippen LogP contribution in [0.5, 0.6) is 0 Å². The van der Waals surface area contributed by atoms with E-state index in [1.807, 2.05) is 31.2 Å². The number of aldehydes is 1. The number of rotatable bonds is 4. The number of carbonyl (C=O) groups is 1. The Morgan fingerprint density at radius 1 is 1.10 bits per heavy atom. The highest BCUT2D eigenvalue weighted by atomic mass is 19.4. The van der Waals surface area contributed by atoms with Crippen molar-refractivity contribution in [3.05, 3.63) is 82.9 Å². The molecule has 0 bridgehead atoms. The summed E-state index contributed by atoms with van der Waals surface area (Å²) >= 11 is 0. The van der Waals surface area contributed by atoms with E-state index in [0.717, 1.165) is 28.5 Å². The van der Waals surface area contributed by atoms with Gasteiger partial charge in [0.1, 0.15) is 0 Å². The van der Waals surface area contributed by atoms with E-state index in [2.05, 4.69) is 10.1 Å². The van der Waals surface area contributed by atoms with Crippen molar-refractivity contribution in [3.63, 3.8) is 0 Å². The number of alkyl halides is 3. The van der Waals surface area contributed by atoms with Crippen molar-refractivity contribution in [2.75, 3.05) is 0 Å². The van der Waals surface area contributed by atoms with Gasteiger partial charge < -0.3 is 5.11 Å². The van der Waals surface area contributed by atoms with Gasteiger partial charge in [0.25, 0.3) is 0 Å². The highest BCUT2D eigenvalue weighted by Gasteiger charge is 2.39. The fourth-order valence-electron chi connectivity index (χ4n) is 3.60. The zero-order valence-corrected chi connectivity index (χ0v) is 16.5. The van der Waals surface area contributed by atoms with Crippen molar-refractivity contribution in [2.45, 2.75) is 25.9 Å². The van der Waals surface area contributed by atoms with Crippen LogP contribution in [-0.2, 0) is 6.18 Å². The summed E-state index contributed by atoms with van der Waals surface area (Å²) in [5, 5.41) is 13.4. The van der Waals surface area contributed by atoms with Gasteiger partial charge in [-0.05, 0) is 48.8 Å². The average Bonchev–Trinajstić information content (AvgIpc) is 3.19. The summed E-state index contributed by atoms with van der Waals surface area (Å²) in [5.41, 5.74) is 2.40. The molecule has 0 aliphatic heterocycles. The number of hydrogen-bond donors (Lipinski definition) is 1. The van der Waals surface area contributed by atoms with Gasteiger partial charge in [-0.3, -0.25) is 4.79 Å². The third kappa shape index (κ3) is 4.01. The summed E-state index contributed by atoms with van der Waals surface area (Å²) in [5.74, 6) is 0.266. The molecule has 3 aromatic rings. The Morgan fingerprint density at radius 2 is 1.90 bits per heavy atom. The number of hydrogen-bond acceptors (Lipinski definition) is 4. The third-order valence-electron chi connectivity index (χ3n) is 5.07. The molecule has 0 radical (unpaired) electrons. The second kappa shape index (κ2) is 7.86. The lowest BCUT2D eigenvalue weighted by Gasteiger charge is -2.17. The second-order valence-electron chi connectivity index (χ2n) is 7.26. The van der Waals surface area contributed by atoms with Crippen LogP contribution in [0.2, 0.25) is 0 Å². The van der Waals surface area contributed by atoms with Gasteiger partial charge in [-0.1, -0.05) is 29.8 Å². The molecule has 1 aliphatic rings. The second-order valence-corrected chi connectivity index (χ2v) is 7.26. The average molecular weight is 425 g/mol. The van der Waals surface area contributed by atoms with Crippen LogP contribution in [0, 0.1) is 6.92 Å². The van der Waals surface area contributed by atoms with Gasteiger partial charge in [0.15, 0.2) is 17.8 Å². The van der Waals surface area contributed by atoms with Crippen LogP contribution in [0.3, 0.4) is 0 Å². The molecule has 4 rings (SSSR count). The highest BCUT2D eigenvalue weighted by molar-refractivity contribution is 5.82. The zero-order chi connectivity index (χ0) is 22.2. The lowest BCUT2D eigenvalue weighted by Crippen LogP contribution is -2.16. The maximum absolute atomic E-state index is 13.5. The van der Waals surface area contributed by atoms with Gasteiger partial charge in [0.05, 0.1) is 23.2 Å². The summed E-state index contributed by atoms with van der Waals surface area (Å²) in [7, 11) is 0. The molecule has 5 nitrogen and oxygen atoms in total. The van der Waals surface area contributed by atoms with Crippen molar-refractivity contribution in [2.24, 2.45) is 0 Å². The quantitative estimate of drug-likeness (QED) is 0.545. The number of aliphatic hydroxyl groups excluding tert-OH is 1. The summed E-state index contributed by atoms with van der Waals surface area (Å²) in [6.07, 6.45) is 0.887. The SMILES string of the molecule is Cc1ccc(C2=CC=C(O)CC2)c(-c2cccc(-n3ncc(C=O)c3C(F)(F)F)n2)c1. The predicted octanol–water partition coefficient (Wildman–Crippen LogP) is 5.69. The molecular weight excluding hydrogens is 407 g/mol. The first kappa shape index (κ1) is 20.6. The minimum absolute atomic E-state index is 0.0412. The van der Waals surface area contributed by atoms with Crippen LogP contribution >= 0.6 is 0 Å². The largest absolute Gasteiger partial charge is 0.512 e. The molecular formula is C23H18F3N3O2. The Kier molecular flexibility index (Phi) is 5.22. The fourth-order valence-corrected chi connectivity index (χ4v) is 3.60. The predicted molar refractivity (Wildman–Crippen MR) is 110 cm³/mol. The summed E-state index contributed by atoms with van der Waals surface area (Å²) in [6.45, 7) is 1.92. The molecule has 8 heteroatoms. The molecule has 0 saturated heterocycles. The van der Waals surface area contributed by atoms with Crippen molar-refractivity contribution < 1.29 is 23.1 Å². The molecule has 1 N–H and O–H groups in total. The molecule has 1 aliphatic carbocycles. The van der Waals surface area contributed by atoms with Crippen LogP contribution < -0.4 is 0 Å². The van der Waals surface area contributed by atoms with Crippen LogP contribution in [0.1, 0.15) is 40.0 Å². The Bertz CT molecular complexity index is 1220. The molecule has 1 aromatic carbocycles. The lowest BCUT2D eigenvalue weighted by atomic mass is 9.90. The number of aryl methyl sites for hydroxylation is 1. The number of allylic oxidation sites excluding steroid dienone is 4. The van der Waals surface area contributed by atoms with Crippen molar-refractivity contribution in [3.8, 4) is 17.1 Å². The lowest BCUT2D eigenvalue weighted by molar-refractivity contribution is -0.143. The van der Waals surface area contributed by atoms with Gasteiger partial charge in [-0.15, -0.1) is 0 Å². The van der Waals surface area contributed by atoms with Crippen molar-refractivity contribution >= 4 is 11.9 Å². The van der Waals surface area contributed by atoms with E-state index in [-0.39, 0.29) is 12.1 Å².